The normalized spacial score (nSPS) is 15.8. The Hall–Kier alpha value is -2.73. The van der Waals surface area contributed by atoms with Gasteiger partial charge in [0, 0.05) is 21.2 Å². The summed E-state index contributed by atoms with van der Waals surface area (Å²) in [5.41, 5.74) is 4.48. The second-order valence-electron chi connectivity index (χ2n) is 7.13. The third-order valence-corrected chi connectivity index (χ3v) is 6.93. The number of fused-ring (bicyclic) bond motifs is 1. The van der Waals surface area contributed by atoms with Gasteiger partial charge in [0.05, 0.1) is 22.4 Å². The van der Waals surface area contributed by atoms with Crippen LogP contribution >= 0.6 is 35.0 Å². The maximum absolute atomic E-state index is 12.7. The number of aromatic nitrogens is 2. The van der Waals surface area contributed by atoms with E-state index in [4.69, 9.17) is 28.3 Å². The van der Waals surface area contributed by atoms with Gasteiger partial charge >= 0.3 is 0 Å². The molecule has 2 heterocycles. The number of nitrogens with one attached hydrogen (secondary N) is 1. The molecule has 1 aromatic heterocycles. The van der Waals surface area contributed by atoms with Gasteiger partial charge in [-0.1, -0.05) is 77.8 Å². The summed E-state index contributed by atoms with van der Waals surface area (Å²) >= 11 is 14.3. The number of anilines is 1. The molecule has 3 aromatic carbocycles. The lowest BCUT2D eigenvalue weighted by Crippen LogP contribution is -2.15. The Kier molecular flexibility index (Phi) is 5.48. The summed E-state index contributed by atoms with van der Waals surface area (Å²) in [6, 6.07) is 25.3. The van der Waals surface area contributed by atoms with Gasteiger partial charge in [0.2, 0.25) is 5.91 Å². The number of amides is 1. The van der Waals surface area contributed by atoms with Crippen molar-refractivity contribution in [2.24, 2.45) is 0 Å². The topological polar surface area (TPSA) is 46.9 Å². The largest absolute Gasteiger partial charge is 0.310 e. The molecule has 0 saturated carbocycles. The number of thioether (sulfide) groups is 1. The summed E-state index contributed by atoms with van der Waals surface area (Å²) in [6.07, 6.45) is 0. The summed E-state index contributed by atoms with van der Waals surface area (Å²) < 4.78 is 1.80. The highest BCUT2D eigenvalue weighted by molar-refractivity contribution is 8.00. The highest BCUT2D eigenvalue weighted by Crippen LogP contribution is 2.48. The van der Waals surface area contributed by atoms with Crippen LogP contribution in [0, 0.1) is 0 Å². The van der Waals surface area contributed by atoms with Gasteiger partial charge in [-0.25, -0.2) is 4.68 Å². The number of rotatable bonds is 3. The standard InChI is InChI=1S/C24H17Cl2N3OS/c25-16-11-12-18(19(26)13-16)23-21-22(15-7-3-1-4-8-15)28-29(17-9-5-2-6-10-17)24(21)27-20(30)14-31-23/h1-13,23H,14H2,(H,27,30)/t23-/m0/s1. The molecule has 7 heteroatoms. The predicted octanol–water partition coefficient (Wildman–Crippen LogP) is 6.62. The Morgan fingerprint density at radius 3 is 2.39 bits per heavy atom. The first-order valence-electron chi connectivity index (χ1n) is 9.72. The number of hydrogen-bond acceptors (Lipinski definition) is 3. The lowest BCUT2D eigenvalue weighted by Gasteiger charge is -2.18. The van der Waals surface area contributed by atoms with Crippen LogP contribution in [-0.4, -0.2) is 21.4 Å². The van der Waals surface area contributed by atoms with Crippen molar-refractivity contribution in [1.29, 1.82) is 0 Å². The maximum atomic E-state index is 12.7. The first kappa shape index (κ1) is 20.2. The van der Waals surface area contributed by atoms with E-state index < -0.39 is 0 Å². The van der Waals surface area contributed by atoms with Crippen LogP contribution in [-0.2, 0) is 4.79 Å². The Balaban J connectivity index is 1.80. The van der Waals surface area contributed by atoms with Crippen molar-refractivity contribution in [1.82, 2.24) is 9.78 Å². The van der Waals surface area contributed by atoms with E-state index in [1.54, 1.807) is 10.7 Å². The lowest BCUT2D eigenvalue weighted by molar-refractivity contribution is -0.113. The maximum Gasteiger partial charge on any atom is 0.235 e. The van der Waals surface area contributed by atoms with Gasteiger partial charge in [-0.3, -0.25) is 4.79 Å². The molecule has 154 valence electrons. The molecular formula is C24H17Cl2N3OS. The smallest absolute Gasteiger partial charge is 0.235 e. The molecule has 5 rings (SSSR count). The summed E-state index contributed by atoms with van der Waals surface area (Å²) in [5, 5.41) is 8.98. The molecule has 0 unspecified atom stereocenters. The van der Waals surface area contributed by atoms with E-state index in [-0.39, 0.29) is 11.2 Å². The van der Waals surface area contributed by atoms with Crippen LogP contribution in [0.5, 0.6) is 0 Å². The molecule has 1 aliphatic rings. The fourth-order valence-corrected chi connectivity index (χ4v) is 5.48. The third-order valence-electron chi connectivity index (χ3n) is 5.12. The van der Waals surface area contributed by atoms with Crippen molar-refractivity contribution in [3.63, 3.8) is 0 Å². The minimum Gasteiger partial charge on any atom is -0.310 e. The van der Waals surface area contributed by atoms with Crippen molar-refractivity contribution >= 4 is 46.7 Å². The van der Waals surface area contributed by atoms with Crippen LogP contribution in [0.15, 0.2) is 78.9 Å². The Labute approximate surface area is 194 Å². The minimum atomic E-state index is -0.189. The van der Waals surface area contributed by atoms with Crippen molar-refractivity contribution in [2.75, 3.05) is 11.1 Å². The fraction of sp³-hybridized carbons (Fsp3) is 0.0833. The average molecular weight is 466 g/mol. The zero-order valence-electron chi connectivity index (χ0n) is 16.3. The van der Waals surface area contributed by atoms with Gasteiger partial charge in [0.15, 0.2) is 0 Å². The summed E-state index contributed by atoms with van der Waals surface area (Å²) in [5.74, 6) is 0.896. The van der Waals surface area contributed by atoms with Gasteiger partial charge in [-0.05, 0) is 29.8 Å². The number of halogens is 2. The number of para-hydroxylation sites is 1. The Morgan fingerprint density at radius 2 is 1.68 bits per heavy atom. The molecule has 0 fully saturated rings. The number of nitrogens with zero attached hydrogens (tertiary/aromatic N) is 2. The van der Waals surface area contributed by atoms with Gasteiger partial charge in [-0.15, -0.1) is 11.8 Å². The monoisotopic (exact) mass is 465 g/mol. The van der Waals surface area contributed by atoms with Crippen LogP contribution < -0.4 is 5.32 Å². The molecule has 31 heavy (non-hydrogen) atoms. The number of benzene rings is 3. The Morgan fingerprint density at radius 1 is 0.968 bits per heavy atom. The Bertz CT molecular complexity index is 1260. The van der Waals surface area contributed by atoms with E-state index in [0.717, 1.165) is 28.1 Å². The summed E-state index contributed by atoms with van der Waals surface area (Å²) in [7, 11) is 0. The van der Waals surface area contributed by atoms with E-state index >= 15 is 0 Å². The van der Waals surface area contributed by atoms with Gasteiger partial charge < -0.3 is 5.32 Å². The molecule has 0 spiro atoms. The van der Waals surface area contributed by atoms with Crippen molar-refractivity contribution < 1.29 is 4.79 Å². The van der Waals surface area contributed by atoms with E-state index in [2.05, 4.69) is 5.32 Å². The van der Waals surface area contributed by atoms with Crippen LogP contribution in [0.3, 0.4) is 0 Å². The van der Waals surface area contributed by atoms with Crippen molar-refractivity contribution in [3.05, 3.63) is 100 Å². The average Bonchev–Trinajstić information content (AvgIpc) is 3.06. The van der Waals surface area contributed by atoms with Crippen LogP contribution in [0.2, 0.25) is 10.0 Å². The zero-order valence-corrected chi connectivity index (χ0v) is 18.6. The van der Waals surface area contributed by atoms with Crippen LogP contribution in [0.25, 0.3) is 16.9 Å². The van der Waals surface area contributed by atoms with E-state index in [1.165, 1.54) is 11.8 Å². The number of carbonyl (C=O) groups is 1. The second-order valence-corrected chi connectivity index (χ2v) is 9.07. The zero-order chi connectivity index (χ0) is 21.4. The SMILES string of the molecule is O=C1CS[C@@H](c2ccc(Cl)cc2Cl)c2c(-c3ccccc3)nn(-c3ccccc3)c2N1. The second kappa shape index (κ2) is 8.42. The van der Waals surface area contributed by atoms with Gasteiger partial charge in [-0.2, -0.15) is 5.10 Å². The molecule has 0 saturated heterocycles. The first-order chi connectivity index (χ1) is 15.1. The van der Waals surface area contributed by atoms with Gasteiger partial charge in [0.1, 0.15) is 5.82 Å². The third kappa shape index (κ3) is 3.85. The highest BCUT2D eigenvalue weighted by atomic mass is 35.5. The van der Waals surface area contributed by atoms with Crippen molar-refractivity contribution in [2.45, 2.75) is 5.25 Å². The molecule has 0 bridgehead atoms. The molecule has 0 aliphatic carbocycles. The summed E-state index contributed by atoms with van der Waals surface area (Å²) in [4.78, 5) is 12.7. The summed E-state index contributed by atoms with van der Waals surface area (Å²) in [6.45, 7) is 0. The molecule has 1 atom stereocenters. The lowest BCUT2D eigenvalue weighted by atomic mass is 10.00. The quantitative estimate of drug-likeness (QED) is 0.369. The van der Waals surface area contributed by atoms with Gasteiger partial charge in [0.25, 0.3) is 0 Å². The highest BCUT2D eigenvalue weighted by Gasteiger charge is 2.33. The molecule has 4 aromatic rings. The van der Waals surface area contributed by atoms with E-state index in [1.807, 2.05) is 72.8 Å². The minimum absolute atomic E-state index is 0.0736. The van der Waals surface area contributed by atoms with Crippen molar-refractivity contribution in [3.8, 4) is 16.9 Å². The molecule has 1 amide bonds. The molecule has 1 N–H and O–H groups in total. The fourth-order valence-electron chi connectivity index (χ4n) is 3.73. The van der Waals surface area contributed by atoms with E-state index in [9.17, 15) is 4.79 Å². The number of carbonyl (C=O) groups excluding carboxylic acids is 1. The van der Waals surface area contributed by atoms with Crippen LogP contribution in [0.1, 0.15) is 16.4 Å². The number of hydrogen-bond donors (Lipinski definition) is 1. The molecular weight excluding hydrogens is 449 g/mol. The first-order valence-corrected chi connectivity index (χ1v) is 11.5. The molecule has 0 radical (unpaired) electrons. The predicted molar refractivity (Wildman–Crippen MR) is 128 cm³/mol. The van der Waals surface area contributed by atoms with E-state index in [0.29, 0.717) is 21.6 Å². The molecule has 4 nitrogen and oxygen atoms in total. The van der Waals surface area contributed by atoms with Crippen LogP contribution in [0.4, 0.5) is 5.82 Å². The molecule has 1 aliphatic heterocycles.